The van der Waals surface area contributed by atoms with Crippen LogP contribution in [0.15, 0.2) is 36.1 Å². The molecule has 0 spiro atoms. The van der Waals surface area contributed by atoms with Crippen LogP contribution in [0.3, 0.4) is 0 Å². The Balaban J connectivity index is 0.000000531. The molecule has 220 valence electrons. The number of nitrogens with zero attached hydrogens (tertiary/aromatic N) is 1. The van der Waals surface area contributed by atoms with E-state index in [1.807, 2.05) is 25.1 Å². The number of hydrogen-bond donors (Lipinski definition) is 1. The van der Waals surface area contributed by atoms with Crippen LogP contribution >= 0.6 is 0 Å². The molecule has 0 amide bonds. The Bertz CT molecular complexity index is 945. The van der Waals surface area contributed by atoms with Gasteiger partial charge in [-0.15, -0.1) is 0 Å². The number of benzene rings is 1. The maximum atomic E-state index is 11.4. The summed E-state index contributed by atoms with van der Waals surface area (Å²) in [6, 6.07) is 3.99. The van der Waals surface area contributed by atoms with Gasteiger partial charge >= 0.3 is 12.1 Å². The molecule has 10 heteroatoms. The third kappa shape index (κ3) is 11.6. The highest BCUT2D eigenvalue weighted by molar-refractivity contribution is 5.65. The van der Waals surface area contributed by atoms with Gasteiger partial charge in [0.05, 0.1) is 20.8 Å². The highest BCUT2D eigenvalue weighted by Gasteiger charge is 2.36. The van der Waals surface area contributed by atoms with Crippen molar-refractivity contribution in [2.24, 2.45) is 0 Å². The lowest BCUT2D eigenvalue weighted by Gasteiger charge is -2.31. The summed E-state index contributed by atoms with van der Waals surface area (Å²) in [6.45, 7) is 10.9. The number of hydrogen-bond acceptors (Lipinski definition) is 9. The molecule has 1 N–H and O–H groups in total. The fourth-order valence-corrected chi connectivity index (χ4v) is 4.26. The number of carbonyl (C=O) groups is 2. The highest BCUT2D eigenvalue weighted by Crippen LogP contribution is 2.41. The zero-order valence-corrected chi connectivity index (χ0v) is 24.4. The molecule has 0 aliphatic carbocycles. The molecule has 2 atom stereocenters. The molecule has 0 bridgehead atoms. The van der Waals surface area contributed by atoms with Gasteiger partial charge in [-0.05, 0) is 62.1 Å². The van der Waals surface area contributed by atoms with Gasteiger partial charge in [0.25, 0.3) is 0 Å². The lowest BCUT2D eigenvalue weighted by molar-refractivity contribution is -0.137. The van der Waals surface area contributed by atoms with Crippen molar-refractivity contribution in [3.8, 4) is 11.5 Å². The van der Waals surface area contributed by atoms with Crippen molar-refractivity contribution in [3.05, 3.63) is 47.2 Å². The molecule has 0 fully saturated rings. The second kappa shape index (κ2) is 18.9. The molecule has 2 aliphatic heterocycles. The molecule has 2 unspecified atom stereocenters. The molecular weight excluding hydrogens is 506 g/mol. The van der Waals surface area contributed by atoms with Crippen LogP contribution in [0.2, 0.25) is 0 Å². The maximum absolute atomic E-state index is 11.4. The number of ether oxygens (including phenoxy) is 6. The molecule has 3 rings (SSSR count). The van der Waals surface area contributed by atoms with Crippen LogP contribution < -0.4 is 9.47 Å². The Morgan fingerprint density at radius 1 is 1.13 bits per heavy atom. The molecular formula is C29H45NO9. The van der Waals surface area contributed by atoms with Crippen molar-refractivity contribution < 1.29 is 43.1 Å². The summed E-state index contributed by atoms with van der Waals surface area (Å²) < 4.78 is 30.7. The predicted molar refractivity (Wildman–Crippen MR) is 148 cm³/mol. The molecule has 0 saturated carbocycles. The van der Waals surface area contributed by atoms with Gasteiger partial charge in [0.2, 0.25) is 6.79 Å². The van der Waals surface area contributed by atoms with E-state index in [2.05, 4.69) is 29.6 Å². The molecule has 0 saturated heterocycles. The molecule has 1 aromatic carbocycles. The SMILES string of the molecule is C/C=C(/OC)C(OC(=O)O)C1CN(CCC)CCc2cc3c(cc21)OCO3.CC/C=C/COC.COC(C)=O. The average Bonchev–Trinajstić information content (AvgIpc) is 3.30. The summed E-state index contributed by atoms with van der Waals surface area (Å²) in [7, 11) is 4.58. The molecule has 0 radical (unpaired) electrons. The minimum Gasteiger partial charge on any atom is -0.497 e. The van der Waals surface area contributed by atoms with Gasteiger partial charge in [-0.3, -0.25) is 4.79 Å². The van der Waals surface area contributed by atoms with Crippen LogP contribution in [0.4, 0.5) is 4.79 Å². The number of rotatable bonds is 9. The fourth-order valence-electron chi connectivity index (χ4n) is 4.26. The quantitative estimate of drug-likeness (QED) is 0.251. The van der Waals surface area contributed by atoms with E-state index in [1.165, 1.54) is 21.1 Å². The minimum atomic E-state index is -1.31. The summed E-state index contributed by atoms with van der Waals surface area (Å²) >= 11 is 0. The van der Waals surface area contributed by atoms with Crippen molar-refractivity contribution in [2.75, 3.05) is 54.4 Å². The smallest absolute Gasteiger partial charge is 0.497 e. The minimum absolute atomic E-state index is 0.203. The van der Waals surface area contributed by atoms with E-state index in [9.17, 15) is 14.7 Å². The summed E-state index contributed by atoms with van der Waals surface area (Å²) in [6.07, 6.45) is 6.80. The Hall–Kier alpha value is -3.24. The topological polar surface area (TPSA) is 113 Å². The van der Waals surface area contributed by atoms with E-state index in [0.717, 1.165) is 55.8 Å². The number of esters is 1. The first-order valence-electron chi connectivity index (χ1n) is 13.2. The van der Waals surface area contributed by atoms with Gasteiger partial charge in [0.15, 0.2) is 17.6 Å². The standard InChI is InChI=1S/C20H27NO6.C6H12O.C3H6O2/c1-4-7-21-8-6-13-9-17-18(26-12-25-17)10-14(13)15(11-21)19(27-20(22)23)16(5-2)24-3;1-3-4-5-6-7-2;1-3(4)5-2/h5,9-10,15,19H,4,6-8,11-12H2,1-3H3,(H,22,23);4-5H,3,6H2,1-2H3;1-2H3/b16-5+;5-4+;. The second-order valence-corrected chi connectivity index (χ2v) is 8.79. The largest absolute Gasteiger partial charge is 0.506 e. The molecule has 2 heterocycles. The third-order valence-corrected chi connectivity index (χ3v) is 6.07. The van der Waals surface area contributed by atoms with Crippen LogP contribution in [0, 0.1) is 0 Å². The number of allylic oxidation sites excluding steroid dienone is 2. The van der Waals surface area contributed by atoms with Gasteiger partial charge in [0.1, 0.15) is 5.76 Å². The number of methoxy groups -OCH3 is 3. The Morgan fingerprint density at radius 2 is 1.79 bits per heavy atom. The third-order valence-electron chi connectivity index (χ3n) is 6.07. The monoisotopic (exact) mass is 551 g/mol. The first-order chi connectivity index (χ1) is 18.8. The van der Waals surface area contributed by atoms with Crippen molar-refractivity contribution in [3.63, 3.8) is 0 Å². The van der Waals surface area contributed by atoms with Crippen molar-refractivity contribution in [2.45, 2.75) is 59.0 Å². The average molecular weight is 552 g/mol. The van der Waals surface area contributed by atoms with Gasteiger partial charge in [0, 0.05) is 33.0 Å². The molecule has 0 aromatic heterocycles. The lowest BCUT2D eigenvalue weighted by atomic mass is 9.87. The van der Waals surface area contributed by atoms with Gasteiger partial charge in [-0.2, -0.15) is 0 Å². The molecule has 10 nitrogen and oxygen atoms in total. The van der Waals surface area contributed by atoms with Gasteiger partial charge < -0.3 is 38.4 Å². The zero-order chi connectivity index (χ0) is 29.2. The maximum Gasteiger partial charge on any atom is 0.506 e. The van der Waals surface area contributed by atoms with E-state index in [4.69, 9.17) is 23.7 Å². The summed E-state index contributed by atoms with van der Waals surface area (Å²) in [5.41, 5.74) is 2.16. The first-order valence-corrected chi connectivity index (χ1v) is 13.2. The van der Waals surface area contributed by atoms with E-state index in [0.29, 0.717) is 18.1 Å². The van der Waals surface area contributed by atoms with Gasteiger partial charge in [-0.1, -0.05) is 26.0 Å². The van der Waals surface area contributed by atoms with E-state index in [1.54, 1.807) is 13.2 Å². The first kappa shape index (κ1) is 33.8. The Kier molecular flexibility index (Phi) is 16.4. The van der Waals surface area contributed by atoms with Crippen molar-refractivity contribution >= 4 is 12.1 Å². The second-order valence-electron chi connectivity index (χ2n) is 8.79. The highest BCUT2D eigenvalue weighted by atomic mass is 16.7. The summed E-state index contributed by atoms with van der Waals surface area (Å²) in [5.74, 6) is 1.49. The molecule has 2 aliphatic rings. The van der Waals surface area contributed by atoms with E-state index >= 15 is 0 Å². The number of carboxylic acid groups (broad SMARTS) is 1. The lowest BCUT2D eigenvalue weighted by Crippen LogP contribution is -2.36. The van der Waals surface area contributed by atoms with E-state index < -0.39 is 12.3 Å². The molecule has 39 heavy (non-hydrogen) atoms. The predicted octanol–water partition coefficient (Wildman–Crippen LogP) is 5.16. The summed E-state index contributed by atoms with van der Waals surface area (Å²) in [4.78, 5) is 23.4. The Labute approximate surface area is 232 Å². The number of carbonyl (C=O) groups excluding carboxylic acids is 1. The fraction of sp³-hybridized carbons (Fsp3) is 0.586. The van der Waals surface area contributed by atoms with Crippen molar-refractivity contribution in [1.29, 1.82) is 0 Å². The Morgan fingerprint density at radius 3 is 2.31 bits per heavy atom. The van der Waals surface area contributed by atoms with E-state index in [-0.39, 0.29) is 18.7 Å². The van der Waals surface area contributed by atoms with Crippen LogP contribution in [0.25, 0.3) is 0 Å². The van der Waals surface area contributed by atoms with Crippen LogP contribution in [0.5, 0.6) is 11.5 Å². The number of fused-ring (bicyclic) bond motifs is 2. The van der Waals surface area contributed by atoms with Gasteiger partial charge in [-0.25, -0.2) is 4.79 Å². The van der Waals surface area contributed by atoms with Crippen LogP contribution in [-0.2, 0) is 30.2 Å². The summed E-state index contributed by atoms with van der Waals surface area (Å²) in [5, 5.41) is 9.33. The zero-order valence-electron chi connectivity index (χ0n) is 24.4. The van der Waals surface area contributed by atoms with Crippen molar-refractivity contribution in [1.82, 2.24) is 4.90 Å². The molecule has 1 aromatic rings. The van der Waals surface area contributed by atoms with Crippen LogP contribution in [-0.4, -0.2) is 82.6 Å². The normalized spacial score (nSPS) is 17.0. The van der Waals surface area contributed by atoms with Crippen LogP contribution in [0.1, 0.15) is 57.6 Å².